The van der Waals surface area contributed by atoms with Crippen molar-refractivity contribution < 1.29 is 18.9 Å². The highest BCUT2D eigenvalue weighted by molar-refractivity contribution is 5.45. The number of benzene rings is 1. The summed E-state index contributed by atoms with van der Waals surface area (Å²) in [7, 11) is 1.92. The summed E-state index contributed by atoms with van der Waals surface area (Å²) in [5.74, 6) is 0.905. The molecule has 0 amide bonds. The molecule has 0 spiro atoms. The first-order valence-corrected chi connectivity index (χ1v) is 6.67. The molecule has 1 N–H and O–H groups in total. The first kappa shape index (κ1) is 12.7. The quantitative estimate of drug-likeness (QED) is 0.888. The average molecular weight is 265 g/mol. The van der Waals surface area contributed by atoms with Gasteiger partial charge in [0.05, 0.1) is 13.2 Å². The fraction of sp³-hybridized carbons (Fsp3) is 0.571. The van der Waals surface area contributed by atoms with Gasteiger partial charge < -0.3 is 24.3 Å². The van der Waals surface area contributed by atoms with Crippen molar-refractivity contribution in [3.05, 3.63) is 23.8 Å². The van der Waals surface area contributed by atoms with Gasteiger partial charge in [0.2, 0.25) is 0 Å². The molecule has 0 atom stereocenters. The van der Waals surface area contributed by atoms with Gasteiger partial charge in [0, 0.05) is 18.5 Å². The lowest BCUT2D eigenvalue weighted by Gasteiger charge is -2.29. The van der Waals surface area contributed by atoms with E-state index >= 15 is 0 Å². The summed E-state index contributed by atoms with van der Waals surface area (Å²) in [6, 6.07) is 5.89. The van der Waals surface area contributed by atoms with E-state index in [2.05, 4.69) is 5.32 Å². The van der Waals surface area contributed by atoms with Gasteiger partial charge in [0.25, 0.3) is 0 Å². The Hall–Kier alpha value is -1.30. The summed E-state index contributed by atoms with van der Waals surface area (Å²) >= 11 is 0. The second kappa shape index (κ2) is 5.36. The van der Waals surface area contributed by atoms with E-state index in [4.69, 9.17) is 18.9 Å². The number of hydrogen-bond donors (Lipinski definition) is 1. The fourth-order valence-electron chi connectivity index (χ4n) is 2.48. The molecule has 1 fully saturated rings. The van der Waals surface area contributed by atoms with E-state index in [1.54, 1.807) is 0 Å². The van der Waals surface area contributed by atoms with E-state index in [-0.39, 0.29) is 0 Å². The molecule has 0 radical (unpaired) electrons. The Bertz CT molecular complexity index is 443. The largest absolute Gasteiger partial charge is 0.486 e. The standard InChI is InChI=1S/C14H19NO4/c1-15-5-4-14(18-8-9-19-14)11-2-3-12-13(10-11)17-7-6-16-12/h2-3,10,15H,4-9H2,1H3. The van der Waals surface area contributed by atoms with E-state index in [1.165, 1.54) is 0 Å². The van der Waals surface area contributed by atoms with Crippen LogP contribution in [0.25, 0.3) is 0 Å². The average Bonchev–Trinajstić information content (AvgIpc) is 2.95. The molecule has 2 aliphatic heterocycles. The van der Waals surface area contributed by atoms with Crippen molar-refractivity contribution in [2.45, 2.75) is 12.2 Å². The Kier molecular flexibility index (Phi) is 3.59. The van der Waals surface area contributed by atoms with Crippen molar-refractivity contribution in [3.8, 4) is 11.5 Å². The minimum atomic E-state index is -0.654. The molecule has 3 rings (SSSR count). The molecule has 0 unspecified atom stereocenters. The minimum Gasteiger partial charge on any atom is -0.486 e. The fourth-order valence-corrected chi connectivity index (χ4v) is 2.48. The molecule has 0 aromatic heterocycles. The van der Waals surface area contributed by atoms with E-state index < -0.39 is 5.79 Å². The summed E-state index contributed by atoms with van der Waals surface area (Å²) in [6.45, 7) is 3.26. The van der Waals surface area contributed by atoms with Gasteiger partial charge in [-0.3, -0.25) is 0 Å². The molecule has 0 saturated carbocycles. The van der Waals surface area contributed by atoms with Crippen molar-refractivity contribution in [1.82, 2.24) is 5.32 Å². The van der Waals surface area contributed by atoms with Crippen LogP contribution in [0.4, 0.5) is 0 Å². The molecule has 1 saturated heterocycles. The molecule has 5 heteroatoms. The van der Waals surface area contributed by atoms with Crippen LogP contribution in [0.5, 0.6) is 11.5 Å². The third-order valence-corrected chi connectivity index (χ3v) is 3.44. The summed E-state index contributed by atoms with van der Waals surface area (Å²) < 4.78 is 22.9. The van der Waals surface area contributed by atoms with Gasteiger partial charge in [-0.05, 0) is 25.2 Å². The van der Waals surface area contributed by atoms with Crippen LogP contribution in [0, 0.1) is 0 Å². The predicted octanol–water partition coefficient (Wildman–Crippen LogP) is 1.27. The second-order valence-electron chi connectivity index (χ2n) is 4.66. The highest BCUT2D eigenvalue weighted by atomic mass is 16.7. The Morgan fingerprint density at radius 3 is 2.53 bits per heavy atom. The smallest absolute Gasteiger partial charge is 0.196 e. The summed E-state index contributed by atoms with van der Waals surface area (Å²) in [4.78, 5) is 0. The Labute approximate surface area is 112 Å². The van der Waals surface area contributed by atoms with Crippen LogP contribution >= 0.6 is 0 Å². The molecule has 2 aliphatic rings. The van der Waals surface area contributed by atoms with E-state index in [9.17, 15) is 0 Å². The lowest BCUT2D eigenvalue weighted by molar-refractivity contribution is -0.169. The van der Waals surface area contributed by atoms with Crippen LogP contribution < -0.4 is 14.8 Å². The van der Waals surface area contributed by atoms with E-state index in [0.29, 0.717) is 26.4 Å². The first-order valence-electron chi connectivity index (χ1n) is 6.67. The number of rotatable bonds is 4. The third-order valence-electron chi connectivity index (χ3n) is 3.44. The zero-order valence-electron chi connectivity index (χ0n) is 11.1. The van der Waals surface area contributed by atoms with E-state index in [1.807, 2.05) is 25.2 Å². The molecule has 1 aromatic rings. The molecular formula is C14H19NO4. The Morgan fingerprint density at radius 1 is 1.05 bits per heavy atom. The van der Waals surface area contributed by atoms with Crippen molar-refractivity contribution in [2.75, 3.05) is 40.0 Å². The highest BCUT2D eigenvalue weighted by Gasteiger charge is 2.38. The van der Waals surface area contributed by atoms with Crippen molar-refractivity contribution in [3.63, 3.8) is 0 Å². The molecule has 0 aliphatic carbocycles. The molecule has 19 heavy (non-hydrogen) atoms. The molecular weight excluding hydrogens is 246 g/mol. The lowest BCUT2D eigenvalue weighted by Crippen LogP contribution is -2.31. The highest BCUT2D eigenvalue weighted by Crippen LogP contribution is 2.39. The normalized spacial score (nSPS) is 20.5. The van der Waals surface area contributed by atoms with Crippen LogP contribution in [-0.2, 0) is 15.3 Å². The number of fused-ring (bicyclic) bond motifs is 1. The van der Waals surface area contributed by atoms with Gasteiger partial charge in [0.1, 0.15) is 13.2 Å². The third kappa shape index (κ3) is 2.41. The summed E-state index contributed by atoms with van der Waals surface area (Å²) in [5.41, 5.74) is 0.990. The Balaban J connectivity index is 1.89. The molecule has 5 nitrogen and oxygen atoms in total. The number of hydrogen-bond acceptors (Lipinski definition) is 5. The number of ether oxygens (including phenoxy) is 4. The van der Waals surface area contributed by atoms with Gasteiger partial charge in [0.15, 0.2) is 17.3 Å². The van der Waals surface area contributed by atoms with Crippen molar-refractivity contribution in [1.29, 1.82) is 0 Å². The maximum Gasteiger partial charge on any atom is 0.196 e. The second-order valence-corrected chi connectivity index (χ2v) is 4.66. The SMILES string of the molecule is CNCCC1(c2ccc3c(c2)OCCO3)OCCO1. The zero-order valence-corrected chi connectivity index (χ0v) is 11.1. The van der Waals surface area contributed by atoms with Crippen LogP contribution in [0.2, 0.25) is 0 Å². The number of nitrogens with one attached hydrogen (secondary N) is 1. The lowest BCUT2D eigenvalue weighted by atomic mass is 10.0. The van der Waals surface area contributed by atoms with Crippen LogP contribution in [0.1, 0.15) is 12.0 Å². The molecule has 1 aromatic carbocycles. The van der Waals surface area contributed by atoms with Crippen LogP contribution in [-0.4, -0.2) is 40.0 Å². The van der Waals surface area contributed by atoms with Gasteiger partial charge in [-0.1, -0.05) is 0 Å². The van der Waals surface area contributed by atoms with Gasteiger partial charge in [-0.25, -0.2) is 0 Å². The first-order chi connectivity index (χ1) is 9.34. The summed E-state index contributed by atoms with van der Waals surface area (Å²) in [5, 5.41) is 3.14. The zero-order chi connectivity index (χ0) is 13.1. The van der Waals surface area contributed by atoms with Crippen LogP contribution in [0.15, 0.2) is 18.2 Å². The minimum absolute atomic E-state index is 0.585. The Morgan fingerprint density at radius 2 is 1.79 bits per heavy atom. The maximum absolute atomic E-state index is 5.86. The van der Waals surface area contributed by atoms with Gasteiger partial charge in [-0.15, -0.1) is 0 Å². The predicted molar refractivity (Wildman–Crippen MR) is 69.6 cm³/mol. The van der Waals surface area contributed by atoms with Crippen LogP contribution in [0.3, 0.4) is 0 Å². The van der Waals surface area contributed by atoms with Crippen molar-refractivity contribution >= 4 is 0 Å². The molecule has 0 bridgehead atoms. The molecule has 2 heterocycles. The summed E-state index contributed by atoms with van der Waals surface area (Å²) in [6.07, 6.45) is 0.767. The monoisotopic (exact) mass is 265 g/mol. The van der Waals surface area contributed by atoms with Crippen molar-refractivity contribution in [2.24, 2.45) is 0 Å². The van der Waals surface area contributed by atoms with Gasteiger partial charge in [-0.2, -0.15) is 0 Å². The van der Waals surface area contributed by atoms with E-state index in [0.717, 1.165) is 30.0 Å². The topological polar surface area (TPSA) is 49.0 Å². The molecule has 104 valence electrons. The van der Waals surface area contributed by atoms with Gasteiger partial charge >= 0.3 is 0 Å². The maximum atomic E-state index is 5.86.